The highest BCUT2D eigenvalue weighted by Crippen LogP contribution is 2.29. The molecule has 1 unspecified atom stereocenters. The molecule has 0 fully saturated rings. The van der Waals surface area contributed by atoms with Crippen LogP contribution in [0.2, 0.25) is 0 Å². The molecule has 0 aliphatic heterocycles. The van der Waals surface area contributed by atoms with E-state index in [9.17, 15) is 18.0 Å². The maximum atomic E-state index is 12.3. The van der Waals surface area contributed by atoms with Gasteiger partial charge in [-0.3, -0.25) is 9.35 Å². The Morgan fingerprint density at radius 2 is 2.00 bits per heavy atom. The number of nitrogens with two attached hydrogens (primary N) is 1. The summed E-state index contributed by atoms with van der Waals surface area (Å²) >= 11 is -2.36. The minimum Gasteiger partial charge on any atom is -0.760 e. The monoisotopic (exact) mass is 312 g/mol. The molecule has 1 aromatic rings. The summed E-state index contributed by atoms with van der Waals surface area (Å²) in [6, 6.07) is 4.19. The summed E-state index contributed by atoms with van der Waals surface area (Å²) in [6.45, 7) is 2.01. The Bertz CT molecular complexity index is 461. The fourth-order valence-corrected chi connectivity index (χ4v) is 1.10. The van der Waals surface area contributed by atoms with E-state index < -0.39 is 29.0 Å². The molecular weight excluding hydrogens is 299 g/mol. The molecule has 0 amide bonds. The Kier molecular flexibility index (Phi) is 8.04. The van der Waals surface area contributed by atoms with Crippen LogP contribution in [0.4, 0.5) is 13.2 Å². The van der Waals surface area contributed by atoms with Gasteiger partial charge in [0.05, 0.1) is 17.7 Å². The van der Waals surface area contributed by atoms with E-state index in [0.717, 1.165) is 12.1 Å². The minimum atomic E-state index is -4.44. The first-order valence-electron chi connectivity index (χ1n) is 5.36. The van der Waals surface area contributed by atoms with Gasteiger partial charge in [-0.2, -0.15) is 13.2 Å². The molecule has 0 bridgehead atoms. The van der Waals surface area contributed by atoms with Crippen LogP contribution in [0, 0.1) is 0 Å². The molecule has 0 heterocycles. The van der Waals surface area contributed by atoms with Gasteiger partial charge in [-0.25, -0.2) is 4.79 Å². The van der Waals surface area contributed by atoms with Crippen molar-refractivity contribution in [3.05, 3.63) is 35.4 Å². The number of rotatable bonds is 3. The number of halogens is 3. The van der Waals surface area contributed by atoms with Crippen LogP contribution in [-0.4, -0.2) is 21.3 Å². The van der Waals surface area contributed by atoms with E-state index in [2.05, 4.69) is 5.14 Å². The summed E-state index contributed by atoms with van der Waals surface area (Å²) in [5.41, 5.74) is -0.929. The molecule has 2 N–H and O–H groups in total. The molecule has 0 aromatic heterocycles. The fourth-order valence-electron chi connectivity index (χ4n) is 1.10. The largest absolute Gasteiger partial charge is 0.760 e. The topological polar surface area (TPSA) is 92.5 Å². The first kappa shape index (κ1) is 18.6. The van der Waals surface area contributed by atoms with Crippen molar-refractivity contribution in [2.45, 2.75) is 19.5 Å². The van der Waals surface area contributed by atoms with Crippen molar-refractivity contribution in [1.82, 2.24) is 0 Å². The summed E-state index contributed by atoms with van der Waals surface area (Å²) in [4.78, 5) is 11.3. The summed E-state index contributed by atoms with van der Waals surface area (Å²) in [6.07, 6.45) is -3.81. The van der Waals surface area contributed by atoms with Crippen LogP contribution in [0.5, 0.6) is 0 Å². The molecule has 0 spiro atoms. The summed E-state index contributed by atoms with van der Waals surface area (Å²) in [7, 11) is 0. The maximum absolute atomic E-state index is 12.3. The quantitative estimate of drug-likeness (QED) is 0.682. The van der Waals surface area contributed by atoms with Gasteiger partial charge in [0.15, 0.2) is 0 Å². The summed E-state index contributed by atoms with van der Waals surface area (Å²) in [5, 5.41) is 4.03. The van der Waals surface area contributed by atoms with E-state index >= 15 is 0 Å². The van der Waals surface area contributed by atoms with Crippen LogP contribution in [0.3, 0.4) is 0 Å². The zero-order chi connectivity index (χ0) is 15.8. The molecule has 0 aliphatic rings. The van der Waals surface area contributed by atoms with Gasteiger partial charge in [0, 0.05) is 11.3 Å². The Morgan fingerprint density at radius 3 is 2.45 bits per heavy atom. The van der Waals surface area contributed by atoms with Crippen molar-refractivity contribution in [2.75, 3.05) is 6.61 Å². The van der Waals surface area contributed by atoms with Gasteiger partial charge in [-0.15, -0.1) is 0 Å². The van der Waals surface area contributed by atoms with E-state index in [0.29, 0.717) is 6.42 Å². The van der Waals surface area contributed by atoms with E-state index in [1.165, 1.54) is 12.1 Å². The van der Waals surface area contributed by atoms with Crippen LogP contribution in [0.1, 0.15) is 29.3 Å². The molecule has 1 aromatic carbocycles. The van der Waals surface area contributed by atoms with Crippen molar-refractivity contribution in [2.24, 2.45) is 5.14 Å². The second-order valence-electron chi connectivity index (χ2n) is 3.47. The molecule has 0 aliphatic carbocycles. The highest BCUT2D eigenvalue weighted by molar-refractivity contribution is 7.76. The number of benzene rings is 1. The Labute approximate surface area is 116 Å². The van der Waals surface area contributed by atoms with Gasteiger partial charge in [0.2, 0.25) is 0 Å². The third kappa shape index (κ3) is 7.87. The van der Waals surface area contributed by atoms with Crippen molar-refractivity contribution in [3.8, 4) is 0 Å². The molecule has 0 radical (unpaired) electrons. The summed E-state index contributed by atoms with van der Waals surface area (Å²) < 4.78 is 59.3. The van der Waals surface area contributed by atoms with Crippen molar-refractivity contribution in [1.29, 1.82) is 0 Å². The molecule has 0 saturated carbocycles. The zero-order valence-corrected chi connectivity index (χ0v) is 11.3. The lowest BCUT2D eigenvalue weighted by Gasteiger charge is -2.08. The van der Waals surface area contributed by atoms with Crippen LogP contribution in [-0.2, 0) is 22.2 Å². The van der Waals surface area contributed by atoms with Gasteiger partial charge in [0.25, 0.3) is 0 Å². The highest BCUT2D eigenvalue weighted by atomic mass is 32.2. The number of alkyl halides is 3. The molecule has 1 rings (SSSR count). The van der Waals surface area contributed by atoms with Gasteiger partial charge >= 0.3 is 12.1 Å². The standard InChI is InChI=1S/C11H11F3O2.H3NO2S/c1-2-6-16-10(15)8-4-3-5-9(7-8)11(12,13)14;1-4(2)3/h3-5,7H,2,6H2,1H3;1H2,(H,2,3)/p-1. The van der Waals surface area contributed by atoms with Crippen molar-refractivity contribution in [3.63, 3.8) is 0 Å². The fraction of sp³-hybridized carbons (Fsp3) is 0.364. The van der Waals surface area contributed by atoms with Crippen LogP contribution < -0.4 is 5.14 Å². The average Bonchev–Trinajstić information content (AvgIpc) is 2.34. The lowest BCUT2D eigenvalue weighted by Crippen LogP contribution is -2.09. The minimum absolute atomic E-state index is 0.0803. The van der Waals surface area contributed by atoms with Crippen molar-refractivity contribution >= 4 is 17.2 Å². The van der Waals surface area contributed by atoms with Gasteiger partial charge < -0.3 is 9.29 Å². The van der Waals surface area contributed by atoms with Crippen LogP contribution in [0.15, 0.2) is 24.3 Å². The predicted octanol–water partition coefficient (Wildman–Crippen LogP) is 2.01. The molecule has 0 saturated heterocycles. The third-order valence-electron chi connectivity index (χ3n) is 1.86. The third-order valence-corrected chi connectivity index (χ3v) is 1.86. The predicted molar refractivity (Wildman–Crippen MR) is 65.1 cm³/mol. The number of carbonyl (C=O) groups is 1. The Balaban J connectivity index is 0.000000796. The lowest BCUT2D eigenvalue weighted by atomic mass is 10.1. The summed E-state index contributed by atoms with van der Waals surface area (Å²) in [5.74, 6) is -0.729. The normalized spacial score (nSPS) is 12.1. The number of hydrogen-bond acceptors (Lipinski definition) is 4. The number of esters is 1. The molecule has 1 atom stereocenters. The maximum Gasteiger partial charge on any atom is 0.416 e. The highest BCUT2D eigenvalue weighted by Gasteiger charge is 2.30. The Hall–Kier alpha value is -1.45. The van der Waals surface area contributed by atoms with E-state index in [1.54, 1.807) is 6.92 Å². The smallest absolute Gasteiger partial charge is 0.416 e. The molecule has 5 nitrogen and oxygen atoms in total. The van der Waals surface area contributed by atoms with Gasteiger partial charge in [-0.05, 0) is 24.6 Å². The average molecular weight is 312 g/mol. The number of ether oxygens (including phenoxy) is 1. The first-order valence-corrected chi connectivity index (χ1v) is 6.50. The molecular formula is C11H13F3NO4S-. The zero-order valence-electron chi connectivity index (χ0n) is 10.5. The van der Waals surface area contributed by atoms with E-state index in [4.69, 9.17) is 13.5 Å². The number of carbonyl (C=O) groups excluding carboxylic acids is 1. The second-order valence-corrected chi connectivity index (χ2v) is 4.00. The van der Waals surface area contributed by atoms with Crippen LogP contribution in [0.25, 0.3) is 0 Å². The molecule has 20 heavy (non-hydrogen) atoms. The SMILES string of the molecule is CCCOC(=O)c1cccc(C(F)(F)F)c1.NS(=O)[O-]. The molecule has 9 heteroatoms. The van der Waals surface area contributed by atoms with E-state index in [-0.39, 0.29) is 12.2 Å². The van der Waals surface area contributed by atoms with Crippen LogP contribution >= 0.6 is 0 Å². The van der Waals surface area contributed by atoms with E-state index in [1.807, 2.05) is 0 Å². The van der Waals surface area contributed by atoms with Gasteiger partial charge in [0.1, 0.15) is 0 Å². The van der Waals surface area contributed by atoms with Gasteiger partial charge in [-0.1, -0.05) is 13.0 Å². The molecule has 114 valence electrons. The first-order chi connectivity index (χ1) is 9.18. The number of hydrogen-bond donors (Lipinski definition) is 1. The second kappa shape index (κ2) is 8.67. The Morgan fingerprint density at radius 1 is 1.45 bits per heavy atom. The van der Waals surface area contributed by atoms with Crippen molar-refractivity contribution < 1.29 is 31.5 Å². The lowest BCUT2D eigenvalue weighted by molar-refractivity contribution is -0.137.